The van der Waals surface area contributed by atoms with Crippen molar-refractivity contribution in [1.82, 2.24) is 0 Å². The van der Waals surface area contributed by atoms with Gasteiger partial charge >= 0.3 is 0 Å². The molecule has 0 aliphatic rings. The zero-order valence-corrected chi connectivity index (χ0v) is 9.20. The maximum absolute atomic E-state index is 11.1. The summed E-state index contributed by atoms with van der Waals surface area (Å²) in [5.74, 6) is -0.388. The van der Waals surface area contributed by atoms with Crippen molar-refractivity contribution in [3.05, 3.63) is 35.9 Å². The Morgan fingerprint density at radius 1 is 1.27 bits per heavy atom. The molecule has 3 nitrogen and oxygen atoms in total. The van der Waals surface area contributed by atoms with E-state index >= 15 is 0 Å². The van der Waals surface area contributed by atoms with Crippen LogP contribution in [-0.2, 0) is 22.3 Å². The van der Waals surface area contributed by atoms with Gasteiger partial charge in [0.25, 0.3) is 0 Å². The summed E-state index contributed by atoms with van der Waals surface area (Å²) < 4.78 is 18.8. The maximum Gasteiger partial charge on any atom is 0.160 e. The van der Waals surface area contributed by atoms with Gasteiger partial charge in [-0.3, -0.25) is 4.79 Å². The Morgan fingerprint density at radius 3 is 2.53 bits per heavy atom. The van der Waals surface area contributed by atoms with Crippen molar-refractivity contribution in [2.45, 2.75) is 19.3 Å². The molecule has 0 fully saturated rings. The monoisotopic (exact) mass is 226 g/mol. The van der Waals surface area contributed by atoms with Crippen LogP contribution in [0.1, 0.15) is 18.4 Å². The number of aryl methyl sites for hydroxylation is 1. The lowest BCUT2D eigenvalue weighted by Gasteiger charge is -1.99. The maximum atomic E-state index is 11.1. The summed E-state index contributed by atoms with van der Waals surface area (Å²) in [6.45, 7) is 0. The minimum atomic E-state index is -1.99. The Hall–Kier alpha value is -1.00. The molecule has 1 rings (SSSR count). The van der Waals surface area contributed by atoms with Gasteiger partial charge in [-0.15, -0.1) is 0 Å². The molecule has 0 saturated carbocycles. The quantitative estimate of drug-likeness (QED) is 0.752. The Balaban J connectivity index is 2.22. The van der Waals surface area contributed by atoms with E-state index in [1.54, 1.807) is 0 Å². The fourth-order valence-electron chi connectivity index (χ4n) is 1.34. The molecular weight excluding hydrogens is 212 g/mol. The molecule has 1 aromatic carbocycles. The highest BCUT2D eigenvalue weighted by Gasteiger charge is 2.05. The molecule has 0 aromatic heterocycles. The summed E-state index contributed by atoms with van der Waals surface area (Å²) in [7, 11) is 0. The van der Waals surface area contributed by atoms with E-state index in [4.69, 9.17) is 4.55 Å². The van der Waals surface area contributed by atoms with Crippen molar-refractivity contribution < 1.29 is 13.6 Å². The molecule has 1 atom stereocenters. The molecule has 82 valence electrons. The van der Waals surface area contributed by atoms with Gasteiger partial charge in [-0.25, -0.2) is 4.21 Å². The van der Waals surface area contributed by atoms with Crippen LogP contribution >= 0.6 is 0 Å². The third kappa shape index (κ3) is 5.44. The molecular formula is C11H14O3S. The highest BCUT2D eigenvalue weighted by molar-refractivity contribution is 7.80. The number of carbonyl (C=O) groups excluding carboxylic acids is 1. The number of hydrogen-bond donors (Lipinski definition) is 1. The predicted octanol–water partition coefficient (Wildman–Crippen LogP) is 1.80. The average molecular weight is 226 g/mol. The lowest BCUT2D eigenvalue weighted by molar-refractivity contribution is -0.116. The second-order valence-corrected chi connectivity index (χ2v) is 4.28. The summed E-state index contributed by atoms with van der Waals surface area (Å²) in [5, 5.41) is 0. The number of benzene rings is 1. The molecule has 0 spiro atoms. The standard InChI is InChI=1S/C11H14O3S/c12-11(9-15(13)14)8-4-7-10-5-2-1-3-6-10/h1-3,5-6H,4,7-9H2,(H,13,14). The SMILES string of the molecule is O=C(CCCc1ccccc1)CS(=O)O. The summed E-state index contributed by atoms with van der Waals surface area (Å²) in [5.41, 5.74) is 1.19. The van der Waals surface area contributed by atoms with Crippen molar-refractivity contribution >= 4 is 16.9 Å². The van der Waals surface area contributed by atoms with Crippen LogP contribution < -0.4 is 0 Å². The highest BCUT2D eigenvalue weighted by atomic mass is 32.2. The molecule has 1 aromatic rings. The van der Waals surface area contributed by atoms with Gasteiger partial charge in [-0.05, 0) is 18.4 Å². The molecule has 0 saturated heterocycles. The van der Waals surface area contributed by atoms with E-state index in [1.807, 2.05) is 30.3 Å². The van der Waals surface area contributed by atoms with Crippen LogP contribution in [0.4, 0.5) is 0 Å². The number of rotatable bonds is 6. The van der Waals surface area contributed by atoms with E-state index < -0.39 is 11.1 Å². The Morgan fingerprint density at radius 2 is 1.93 bits per heavy atom. The van der Waals surface area contributed by atoms with Crippen molar-refractivity contribution in [2.75, 3.05) is 5.75 Å². The van der Waals surface area contributed by atoms with Gasteiger partial charge in [0.15, 0.2) is 11.1 Å². The van der Waals surface area contributed by atoms with Crippen LogP contribution in [0.15, 0.2) is 30.3 Å². The molecule has 1 unspecified atom stereocenters. The Kier molecular flexibility index (Phi) is 5.21. The Bertz CT molecular complexity index is 335. The van der Waals surface area contributed by atoms with Crippen molar-refractivity contribution in [3.8, 4) is 0 Å². The first-order valence-electron chi connectivity index (χ1n) is 4.81. The lowest BCUT2D eigenvalue weighted by Crippen LogP contribution is -2.09. The normalized spacial score (nSPS) is 12.3. The van der Waals surface area contributed by atoms with E-state index in [9.17, 15) is 9.00 Å². The molecule has 1 N–H and O–H groups in total. The first kappa shape index (κ1) is 12.1. The predicted molar refractivity (Wildman–Crippen MR) is 60.0 cm³/mol. The molecule has 15 heavy (non-hydrogen) atoms. The van der Waals surface area contributed by atoms with Gasteiger partial charge < -0.3 is 4.55 Å². The summed E-state index contributed by atoms with van der Waals surface area (Å²) in [4.78, 5) is 11.1. The van der Waals surface area contributed by atoms with Gasteiger partial charge in [0.05, 0.1) is 0 Å². The molecule has 0 bridgehead atoms. The first-order chi connectivity index (χ1) is 7.18. The number of Topliss-reactive ketones (excluding diaryl/α,β-unsaturated/α-hetero) is 1. The topological polar surface area (TPSA) is 54.4 Å². The lowest BCUT2D eigenvalue weighted by atomic mass is 10.1. The van der Waals surface area contributed by atoms with E-state index in [-0.39, 0.29) is 11.5 Å². The van der Waals surface area contributed by atoms with E-state index in [1.165, 1.54) is 5.56 Å². The van der Waals surface area contributed by atoms with Crippen LogP contribution in [-0.4, -0.2) is 20.3 Å². The van der Waals surface area contributed by atoms with Crippen LogP contribution in [0, 0.1) is 0 Å². The Labute approximate surface area is 91.8 Å². The largest absolute Gasteiger partial charge is 0.306 e. The number of ketones is 1. The average Bonchev–Trinajstić information content (AvgIpc) is 2.18. The van der Waals surface area contributed by atoms with Gasteiger partial charge in [0.2, 0.25) is 0 Å². The second kappa shape index (κ2) is 6.48. The zero-order chi connectivity index (χ0) is 11.1. The van der Waals surface area contributed by atoms with Crippen LogP contribution in [0.3, 0.4) is 0 Å². The van der Waals surface area contributed by atoms with Crippen LogP contribution in [0.25, 0.3) is 0 Å². The molecule has 0 aliphatic carbocycles. The first-order valence-corrected chi connectivity index (χ1v) is 6.09. The molecule has 0 aliphatic heterocycles. The third-order valence-corrected chi connectivity index (χ3v) is 2.62. The van der Waals surface area contributed by atoms with Gasteiger partial charge in [-0.1, -0.05) is 30.3 Å². The minimum Gasteiger partial charge on any atom is -0.306 e. The van der Waals surface area contributed by atoms with Crippen molar-refractivity contribution in [3.63, 3.8) is 0 Å². The number of carbonyl (C=O) groups is 1. The zero-order valence-electron chi connectivity index (χ0n) is 8.39. The third-order valence-electron chi connectivity index (χ3n) is 2.05. The van der Waals surface area contributed by atoms with Gasteiger partial charge in [0.1, 0.15) is 11.5 Å². The molecule has 0 heterocycles. The minimum absolute atomic E-state index is 0.147. The van der Waals surface area contributed by atoms with E-state index in [0.29, 0.717) is 6.42 Å². The summed E-state index contributed by atoms with van der Waals surface area (Å²) >= 11 is -1.99. The van der Waals surface area contributed by atoms with Crippen molar-refractivity contribution in [1.29, 1.82) is 0 Å². The van der Waals surface area contributed by atoms with Gasteiger partial charge in [0, 0.05) is 6.42 Å². The number of hydrogen-bond acceptors (Lipinski definition) is 2. The molecule has 0 amide bonds. The van der Waals surface area contributed by atoms with Gasteiger partial charge in [-0.2, -0.15) is 0 Å². The van der Waals surface area contributed by atoms with Crippen molar-refractivity contribution in [2.24, 2.45) is 0 Å². The second-order valence-electron chi connectivity index (χ2n) is 3.34. The van der Waals surface area contributed by atoms with E-state index in [2.05, 4.69) is 0 Å². The highest BCUT2D eigenvalue weighted by Crippen LogP contribution is 2.04. The summed E-state index contributed by atoms with van der Waals surface area (Å²) in [6.07, 6.45) is 1.95. The van der Waals surface area contributed by atoms with Crippen LogP contribution in [0.2, 0.25) is 0 Å². The smallest absolute Gasteiger partial charge is 0.160 e. The fraction of sp³-hybridized carbons (Fsp3) is 0.364. The van der Waals surface area contributed by atoms with Crippen LogP contribution in [0.5, 0.6) is 0 Å². The molecule has 4 heteroatoms. The molecule has 0 radical (unpaired) electrons. The fourth-order valence-corrected chi connectivity index (χ4v) is 1.76. The summed E-state index contributed by atoms with van der Waals surface area (Å²) in [6, 6.07) is 9.88. The van der Waals surface area contributed by atoms with E-state index in [0.717, 1.165) is 12.8 Å².